The summed E-state index contributed by atoms with van der Waals surface area (Å²) in [6.07, 6.45) is 16.6. The zero-order chi connectivity index (χ0) is 28.2. The van der Waals surface area contributed by atoms with Crippen LogP contribution in [0, 0.1) is 11.7 Å². The lowest BCUT2D eigenvalue weighted by molar-refractivity contribution is 0.473. The van der Waals surface area contributed by atoms with Crippen molar-refractivity contribution in [3.8, 4) is 17.0 Å². The fraction of sp³-hybridized carbons (Fsp3) is 0.394. The molecule has 1 aromatic carbocycles. The maximum absolute atomic E-state index is 14.2. The van der Waals surface area contributed by atoms with Crippen LogP contribution in [-0.2, 0) is 0 Å². The number of pyridine rings is 1. The van der Waals surface area contributed by atoms with E-state index in [2.05, 4.69) is 37.3 Å². The number of aromatic nitrogens is 1. The SMILES string of the molecule is C=CC(=C\C(=C/C)c1ccnc(-c2cc(O)ccc2F)c1)/C(C=NC)=C/C.CC.CCCC(C)CCC. The van der Waals surface area contributed by atoms with Crippen LogP contribution in [0.15, 0.2) is 83.6 Å². The van der Waals surface area contributed by atoms with Crippen LogP contribution >= 0.6 is 0 Å². The molecule has 0 saturated carbocycles. The molecule has 202 valence electrons. The number of aliphatic imine (C=N–C) groups is 1. The van der Waals surface area contributed by atoms with Gasteiger partial charge in [0.25, 0.3) is 0 Å². The van der Waals surface area contributed by atoms with E-state index in [1.807, 2.05) is 52.0 Å². The molecule has 37 heavy (non-hydrogen) atoms. The summed E-state index contributed by atoms with van der Waals surface area (Å²) in [7, 11) is 1.72. The van der Waals surface area contributed by atoms with Gasteiger partial charge in [0, 0.05) is 25.0 Å². The van der Waals surface area contributed by atoms with Gasteiger partial charge in [-0.1, -0.05) is 85.1 Å². The average Bonchev–Trinajstić information content (AvgIpc) is 2.91. The van der Waals surface area contributed by atoms with Crippen molar-refractivity contribution in [1.29, 1.82) is 0 Å². The summed E-state index contributed by atoms with van der Waals surface area (Å²) in [5, 5.41) is 9.67. The molecule has 0 aliphatic carbocycles. The van der Waals surface area contributed by atoms with E-state index >= 15 is 0 Å². The van der Waals surface area contributed by atoms with E-state index in [1.165, 1.54) is 43.9 Å². The Morgan fingerprint density at radius 1 is 1.05 bits per heavy atom. The van der Waals surface area contributed by atoms with E-state index in [9.17, 15) is 9.50 Å². The minimum absolute atomic E-state index is 0.00437. The van der Waals surface area contributed by atoms with E-state index < -0.39 is 5.82 Å². The van der Waals surface area contributed by atoms with Gasteiger partial charge in [0.05, 0.1) is 5.69 Å². The van der Waals surface area contributed by atoms with E-state index in [0.717, 1.165) is 28.2 Å². The predicted molar refractivity (Wildman–Crippen MR) is 162 cm³/mol. The third-order valence-electron chi connectivity index (χ3n) is 5.64. The Morgan fingerprint density at radius 2 is 1.70 bits per heavy atom. The van der Waals surface area contributed by atoms with Gasteiger partial charge >= 0.3 is 0 Å². The molecule has 2 aromatic rings. The topological polar surface area (TPSA) is 45.5 Å². The predicted octanol–water partition coefficient (Wildman–Crippen LogP) is 10.0. The molecule has 2 rings (SSSR count). The standard InChI is InChI=1S/C23H23FN2O.C8H18.C2H6/c1-5-16(18(7-3)15-25-4)12-17(6-2)19-10-11-26-23(13-19)21-14-20(27)8-9-22(21)24;1-4-6-8(3)7-5-2;1-2/h5-15,27H,1H2,2-4H3;8H,4-7H2,1-3H3;1-2H3/b16-12+,17-6+,18-7+,25-15?;;. The van der Waals surface area contributed by atoms with Crippen LogP contribution in [0.1, 0.15) is 79.7 Å². The number of hydrogen-bond acceptors (Lipinski definition) is 3. The van der Waals surface area contributed by atoms with Crippen LogP contribution < -0.4 is 0 Å². The molecule has 0 amide bonds. The molecule has 1 heterocycles. The van der Waals surface area contributed by atoms with Crippen molar-refractivity contribution in [2.75, 3.05) is 7.05 Å². The lowest BCUT2D eigenvalue weighted by Gasteiger charge is -2.09. The molecule has 4 heteroatoms. The summed E-state index contributed by atoms with van der Waals surface area (Å²) >= 11 is 0. The van der Waals surface area contributed by atoms with E-state index in [1.54, 1.807) is 31.6 Å². The first kappa shape index (κ1) is 33.7. The van der Waals surface area contributed by atoms with E-state index in [4.69, 9.17) is 0 Å². The van der Waals surface area contributed by atoms with Crippen molar-refractivity contribution in [2.45, 2.75) is 74.1 Å². The molecule has 0 spiro atoms. The maximum atomic E-state index is 14.2. The maximum Gasteiger partial charge on any atom is 0.132 e. The van der Waals surface area contributed by atoms with Crippen LogP contribution in [0.3, 0.4) is 0 Å². The van der Waals surface area contributed by atoms with Crippen LogP contribution in [0.5, 0.6) is 5.75 Å². The number of nitrogens with zero attached hydrogens (tertiary/aromatic N) is 2. The number of rotatable bonds is 10. The van der Waals surface area contributed by atoms with Crippen molar-refractivity contribution in [3.05, 3.63) is 89.9 Å². The minimum atomic E-state index is -0.433. The highest BCUT2D eigenvalue weighted by atomic mass is 19.1. The third kappa shape index (κ3) is 12.0. The first-order chi connectivity index (χ1) is 17.8. The van der Waals surface area contributed by atoms with Crippen molar-refractivity contribution in [3.63, 3.8) is 0 Å². The molecule has 0 aliphatic rings. The molecule has 1 aromatic heterocycles. The van der Waals surface area contributed by atoms with Crippen molar-refractivity contribution >= 4 is 11.8 Å². The molecule has 0 unspecified atom stereocenters. The largest absolute Gasteiger partial charge is 0.508 e. The Labute approximate surface area is 225 Å². The second kappa shape index (κ2) is 19.9. The summed E-state index contributed by atoms with van der Waals surface area (Å²) in [5.74, 6) is 0.525. The quantitative estimate of drug-likeness (QED) is 0.257. The summed E-state index contributed by atoms with van der Waals surface area (Å²) in [4.78, 5) is 8.33. The monoisotopic (exact) mass is 506 g/mol. The number of allylic oxidation sites excluding steroid dienone is 7. The zero-order valence-electron chi connectivity index (χ0n) is 24.2. The second-order valence-corrected chi connectivity index (χ2v) is 8.46. The highest BCUT2D eigenvalue weighted by molar-refractivity contribution is 5.88. The number of phenols is 1. The lowest BCUT2D eigenvalue weighted by atomic mass is 9.98. The molecule has 1 N–H and O–H groups in total. The Bertz CT molecular complexity index is 1060. The average molecular weight is 507 g/mol. The molecule has 0 bridgehead atoms. The van der Waals surface area contributed by atoms with Gasteiger partial charge in [-0.2, -0.15) is 0 Å². The Morgan fingerprint density at radius 3 is 2.22 bits per heavy atom. The fourth-order valence-electron chi connectivity index (χ4n) is 3.81. The van der Waals surface area contributed by atoms with Crippen molar-refractivity contribution in [2.24, 2.45) is 10.9 Å². The molecule has 0 atom stereocenters. The second-order valence-electron chi connectivity index (χ2n) is 8.46. The Kier molecular flexibility index (Phi) is 18.1. The molecule has 0 aliphatic heterocycles. The lowest BCUT2D eigenvalue weighted by Crippen LogP contribution is -1.93. The van der Waals surface area contributed by atoms with Gasteiger partial charge in [0.2, 0.25) is 0 Å². The molecule has 0 fully saturated rings. The molecular weight excluding hydrogens is 459 g/mol. The van der Waals surface area contributed by atoms with Gasteiger partial charge in [-0.15, -0.1) is 0 Å². The molecular formula is C33H47FN2O. The van der Waals surface area contributed by atoms with Gasteiger partial charge in [-0.05, 0) is 78.5 Å². The molecule has 0 saturated heterocycles. The first-order valence-corrected chi connectivity index (χ1v) is 13.4. The third-order valence-corrected chi connectivity index (χ3v) is 5.64. The van der Waals surface area contributed by atoms with Gasteiger partial charge in [-0.25, -0.2) is 4.39 Å². The molecule has 0 radical (unpaired) electrons. The number of benzene rings is 1. The summed E-state index contributed by atoms with van der Waals surface area (Å²) < 4.78 is 14.2. The highest BCUT2D eigenvalue weighted by Crippen LogP contribution is 2.28. The summed E-state index contributed by atoms with van der Waals surface area (Å²) in [6, 6.07) is 7.58. The number of halogens is 1. The number of hydrogen-bond donors (Lipinski definition) is 1. The minimum Gasteiger partial charge on any atom is -0.508 e. The number of aromatic hydroxyl groups is 1. The van der Waals surface area contributed by atoms with E-state index in [-0.39, 0.29) is 11.3 Å². The Balaban J connectivity index is 0.00000111. The zero-order valence-corrected chi connectivity index (χ0v) is 24.2. The van der Waals surface area contributed by atoms with Crippen LogP contribution in [0.4, 0.5) is 4.39 Å². The summed E-state index contributed by atoms with van der Waals surface area (Å²) in [5.41, 5.74) is 4.42. The fourth-order valence-corrected chi connectivity index (χ4v) is 3.81. The van der Waals surface area contributed by atoms with Gasteiger partial charge in [-0.3, -0.25) is 9.98 Å². The Hall–Kier alpha value is -3.27. The van der Waals surface area contributed by atoms with Crippen molar-refractivity contribution in [1.82, 2.24) is 4.98 Å². The van der Waals surface area contributed by atoms with Gasteiger partial charge in [0.15, 0.2) is 0 Å². The molecule has 3 nitrogen and oxygen atoms in total. The normalized spacial score (nSPS) is 12.1. The smallest absolute Gasteiger partial charge is 0.132 e. The van der Waals surface area contributed by atoms with Gasteiger partial charge < -0.3 is 5.11 Å². The highest BCUT2D eigenvalue weighted by Gasteiger charge is 2.10. The first-order valence-electron chi connectivity index (χ1n) is 13.4. The van der Waals surface area contributed by atoms with E-state index in [0.29, 0.717) is 5.69 Å². The van der Waals surface area contributed by atoms with Crippen LogP contribution in [0.25, 0.3) is 16.8 Å². The van der Waals surface area contributed by atoms with Gasteiger partial charge in [0.1, 0.15) is 11.6 Å². The van der Waals surface area contributed by atoms with Crippen LogP contribution in [0.2, 0.25) is 0 Å². The van der Waals surface area contributed by atoms with Crippen molar-refractivity contribution < 1.29 is 9.50 Å². The summed E-state index contributed by atoms with van der Waals surface area (Å²) in [6.45, 7) is 18.6. The van der Waals surface area contributed by atoms with Crippen LogP contribution in [-0.4, -0.2) is 23.4 Å². The number of phenolic OH excluding ortho intramolecular Hbond substituents is 1.